The van der Waals surface area contributed by atoms with Crippen LogP contribution in [-0.4, -0.2) is 0 Å². The third kappa shape index (κ3) is 1.36. The van der Waals surface area contributed by atoms with Crippen LogP contribution in [0.2, 0.25) is 0 Å². The zero-order valence-electron chi connectivity index (χ0n) is 5.24. The molecule has 0 aliphatic carbocycles. The van der Waals surface area contributed by atoms with Crippen molar-refractivity contribution in [3.05, 3.63) is 22.4 Å². The lowest BCUT2D eigenvalue weighted by Crippen LogP contribution is -1.80. The van der Waals surface area contributed by atoms with Gasteiger partial charge in [0.25, 0.3) is 0 Å². The van der Waals surface area contributed by atoms with E-state index < -0.39 is 0 Å². The first-order chi connectivity index (χ1) is 4.84. The van der Waals surface area contributed by atoms with Crippen LogP contribution in [0.15, 0.2) is 17.5 Å². The summed E-state index contributed by atoms with van der Waals surface area (Å²) in [6, 6.07) is 3.72. The molecule has 0 aliphatic heterocycles. The molecule has 0 aliphatic rings. The first-order valence-electron chi connectivity index (χ1n) is 2.73. The van der Waals surface area contributed by atoms with Gasteiger partial charge in [-0.25, -0.2) is 0 Å². The quantitative estimate of drug-likeness (QED) is 0.621. The van der Waals surface area contributed by atoms with Crippen LogP contribution in [0.25, 0.3) is 6.08 Å². The molecule has 1 aromatic rings. The van der Waals surface area contributed by atoms with E-state index >= 15 is 0 Å². The molecule has 0 atom stereocenters. The van der Waals surface area contributed by atoms with Crippen molar-refractivity contribution >= 4 is 23.1 Å². The molecule has 0 saturated heterocycles. The molecule has 2 nitrogen and oxygen atoms in total. The Bertz CT molecular complexity index is 280. The summed E-state index contributed by atoms with van der Waals surface area (Å²) >= 11 is 1.53. The Morgan fingerprint density at radius 2 is 2.50 bits per heavy atom. The Balaban J connectivity index is 2.87. The smallest absolute Gasteiger partial charge is 0.0912 e. The summed E-state index contributed by atoms with van der Waals surface area (Å²) in [5.41, 5.74) is 6.26. The second kappa shape index (κ2) is 3.04. The maximum absolute atomic E-state index is 8.18. The maximum Gasteiger partial charge on any atom is 0.0912 e. The first kappa shape index (κ1) is 6.84. The van der Waals surface area contributed by atoms with Gasteiger partial charge in [0.05, 0.1) is 10.9 Å². The number of anilines is 1. The zero-order valence-corrected chi connectivity index (χ0v) is 6.06. The van der Waals surface area contributed by atoms with Crippen molar-refractivity contribution in [3.63, 3.8) is 0 Å². The third-order valence-electron chi connectivity index (χ3n) is 1.04. The first-order valence-corrected chi connectivity index (χ1v) is 3.61. The summed E-state index contributed by atoms with van der Waals surface area (Å²) in [6.45, 7) is 0. The predicted molar refractivity (Wildman–Crippen MR) is 43.4 cm³/mol. The van der Waals surface area contributed by atoms with Crippen LogP contribution in [-0.2, 0) is 0 Å². The molecule has 10 heavy (non-hydrogen) atoms. The van der Waals surface area contributed by atoms with Crippen LogP contribution in [0.1, 0.15) is 4.88 Å². The summed E-state index contributed by atoms with van der Waals surface area (Å²) in [5.74, 6) is 0. The van der Waals surface area contributed by atoms with Gasteiger partial charge < -0.3 is 5.73 Å². The fourth-order valence-corrected chi connectivity index (χ4v) is 1.29. The SMILES string of the molecule is N#CC=Cc1sccc1N. The van der Waals surface area contributed by atoms with Gasteiger partial charge in [-0.05, 0) is 17.5 Å². The van der Waals surface area contributed by atoms with Crippen LogP contribution < -0.4 is 5.73 Å². The van der Waals surface area contributed by atoms with Crippen molar-refractivity contribution in [2.75, 3.05) is 5.73 Å². The van der Waals surface area contributed by atoms with Gasteiger partial charge in [-0.3, -0.25) is 0 Å². The van der Waals surface area contributed by atoms with Gasteiger partial charge in [0, 0.05) is 11.8 Å². The lowest BCUT2D eigenvalue weighted by atomic mass is 10.4. The van der Waals surface area contributed by atoms with Gasteiger partial charge in [-0.15, -0.1) is 11.3 Å². The molecule has 2 N–H and O–H groups in total. The van der Waals surface area contributed by atoms with E-state index in [9.17, 15) is 0 Å². The van der Waals surface area contributed by atoms with Crippen molar-refractivity contribution in [2.24, 2.45) is 0 Å². The highest BCUT2D eigenvalue weighted by Gasteiger charge is 1.92. The molecule has 0 spiro atoms. The van der Waals surface area contributed by atoms with Crippen molar-refractivity contribution in [3.8, 4) is 6.07 Å². The van der Waals surface area contributed by atoms with Crippen molar-refractivity contribution in [1.29, 1.82) is 5.26 Å². The number of thiophene rings is 1. The molecular weight excluding hydrogens is 144 g/mol. The normalized spacial score (nSPS) is 9.90. The van der Waals surface area contributed by atoms with Crippen molar-refractivity contribution in [1.82, 2.24) is 0 Å². The fourth-order valence-electron chi connectivity index (χ4n) is 0.579. The second-order valence-corrected chi connectivity index (χ2v) is 2.65. The highest BCUT2D eigenvalue weighted by atomic mass is 32.1. The molecular formula is C7H6N2S. The predicted octanol–water partition coefficient (Wildman–Crippen LogP) is 1.87. The van der Waals surface area contributed by atoms with Gasteiger partial charge in [0.15, 0.2) is 0 Å². The number of nitrogens with two attached hydrogens (primary N) is 1. The van der Waals surface area contributed by atoms with E-state index in [4.69, 9.17) is 11.0 Å². The molecule has 0 amide bonds. The van der Waals surface area contributed by atoms with E-state index in [0.29, 0.717) is 0 Å². The lowest BCUT2D eigenvalue weighted by molar-refractivity contribution is 1.54. The van der Waals surface area contributed by atoms with E-state index in [1.165, 1.54) is 17.4 Å². The zero-order chi connectivity index (χ0) is 7.40. The monoisotopic (exact) mass is 150 g/mol. The van der Waals surface area contributed by atoms with Crippen LogP contribution >= 0.6 is 11.3 Å². The molecule has 1 rings (SSSR count). The Hall–Kier alpha value is -1.27. The summed E-state index contributed by atoms with van der Waals surface area (Å²) in [4.78, 5) is 0.946. The maximum atomic E-state index is 8.18. The minimum atomic E-state index is 0.733. The second-order valence-electron chi connectivity index (χ2n) is 1.70. The largest absolute Gasteiger partial charge is 0.398 e. The van der Waals surface area contributed by atoms with E-state index in [2.05, 4.69) is 0 Å². The topological polar surface area (TPSA) is 49.8 Å². The minimum Gasteiger partial charge on any atom is -0.398 e. The molecule has 1 aromatic heterocycles. The Morgan fingerprint density at radius 1 is 1.70 bits per heavy atom. The van der Waals surface area contributed by atoms with E-state index in [1.807, 2.05) is 17.5 Å². The number of allylic oxidation sites excluding steroid dienone is 1. The van der Waals surface area contributed by atoms with Crippen LogP contribution in [0.5, 0.6) is 0 Å². The number of rotatable bonds is 1. The average Bonchev–Trinajstić information content (AvgIpc) is 2.31. The molecule has 3 heteroatoms. The van der Waals surface area contributed by atoms with Gasteiger partial charge in [0.2, 0.25) is 0 Å². The number of nitriles is 1. The summed E-state index contributed by atoms with van der Waals surface area (Å²) in [6.07, 6.45) is 3.13. The number of nitrogens with zero attached hydrogens (tertiary/aromatic N) is 1. The summed E-state index contributed by atoms with van der Waals surface area (Å²) in [7, 11) is 0. The molecule has 0 bridgehead atoms. The molecule has 0 fully saturated rings. The highest BCUT2D eigenvalue weighted by Crippen LogP contribution is 2.19. The van der Waals surface area contributed by atoms with Gasteiger partial charge in [0.1, 0.15) is 0 Å². The fraction of sp³-hybridized carbons (Fsp3) is 0. The van der Waals surface area contributed by atoms with Crippen LogP contribution in [0.4, 0.5) is 5.69 Å². The van der Waals surface area contributed by atoms with Crippen LogP contribution in [0, 0.1) is 11.3 Å². The molecule has 0 saturated carbocycles. The summed E-state index contributed by atoms with van der Waals surface area (Å²) < 4.78 is 0. The van der Waals surface area contributed by atoms with E-state index in [1.54, 1.807) is 6.08 Å². The summed E-state index contributed by atoms with van der Waals surface area (Å²) in [5, 5.41) is 10.1. The van der Waals surface area contributed by atoms with Crippen molar-refractivity contribution in [2.45, 2.75) is 0 Å². The third-order valence-corrected chi connectivity index (χ3v) is 1.93. The average molecular weight is 150 g/mol. The van der Waals surface area contributed by atoms with Crippen molar-refractivity contribution < 1.29 is 0 Å². The lowest BCUT2D eigenvalue weighted by Gasteiger charge is -1.84. The van der Waals surface area contributed by atoms with E-state index in [0.717, 1.165) is 10.6 Å². The van der Waals surface area contributed by atoms with Crippen LogP contribution in [0.3, 0.4) is 0 Å². The van der Waals surface area contributed by atoms with Gasteiger partial charge >= 0.3 is 0 Å². The Kier molecular flexibility index (Phi) is 2.08. The molecule has 50 valence electrons. The Labute approximate surface area is 63.2 Å². The van der Waals surface area contributed by atoms with Gasteiger partial charge in [-0.1, -0.05) is 0 Å². The number of hydrogen-bond donors (Lipinski definition) is 1. The van der Waals surface area contributed by atoms with E-state index in [-0.39, 0.29) is 0 Å². The standard InChI is InChI=1S/C7H6N2S/c8-4-1-2-7-6(9)3-5-10-7/h1-3,5H,9H2. The number of hydrogen-bond acceptors (Lipinski definition) is 3. The Morgan fingerprint density at radius 3 is 3.00 bits per heavy atom. The molecule has 1 heterocycles. The highest BCUT2D eigenvalue weighted by molar-refractivity contribution is 7.11. The molecule has 0 unspecified atom stereocenters. The molecule has 0 aromatic carbocycles. The van der Waals surface area contributed by atoms with Gasteiger partial charge in [-0.2, -0.15) is 5.26 Å². The molecule has 0 radical (unpaired) electrons. The minimum absolute atomic E-state index is 0.733. The number of nitrogen functional groups attached to an aromatic ring is 1.